The molecule has 0 unspecified atom stereocenters. The molecule has 0 aliphatic carbocycles. The van der Waals surface area contributed by atoms with Crippen LogP contribution in [0.25, 0.3) is 0 Å². The average Bonchev–Trinajstić information content (AvgIpc) is 2.86. The summed E-state index contributed by atoms with van der Waals surface area (Å²) in [5.41, 5.74) is 1.40. The van der Waals surface area contributed by atoms with Crippen molar-refractivity contribution in [1.82, 2.24) is 9.29 Å². The molecular weight excluding hydrogens is 286 g/mol. The second-order valence-corrected chi connectivity index (χ2v) is 6.36. The van der Waals surface area contributed by atoms with Crippen molar-refractivity contribution in [2.75, 3.05) is 0 Å². The Morgan fingerprint density at radius 2 is 1.95 bits per heavy atom. The van der Waals surface area contributed by atoms with Crippen LogP contribution in [0.3, 0.4) is 0 Å². The van der Waals surface area contributed by atoms with Crippen molar-refractivity contribution in [3.05, 3.63) is 59.4 Å². The number of hydrogen-bond donors (Lipinski definition) is 0. The highest BCUT2D eigenvalue weighted by atomic mass is 32.2. The smallest absolute Gasteiger partial charge is 0.246 e. The lowest BCUT2D eigenvalue weighted by atomic mass is 10.2. The van der Waals surface area contributed by atoms with Crippen molar-refractivity contribution in [2.45, 2.75) is 18.0 Å². The molecule has 0 saturated heterocycles. The first-order chi connectivity index (χ1) is 9.48. The number of nitrogens with zero attached hydrogens (tertiary/aromatic N) is 2. The zero-order valence-electron chi connectivity index (χ0n) is 10.3. The van der Waals surface area contributed by atoms with E-state index in [1.165, 1.54) is 0 Å². The van der Waals surface area contributed by atoms with Crippen molar-refractivity contribution in [2.24, 2.45) is 0 Å². The fraction of sp³-hybridized carbons (Fsp3) is 0.154. The lowest BCUT2D eigenvalue weighted by Crippen LogP contribution is -2.26. The first-order valence-corrected chi connectivity index (χ1v) is 7.30. The molecule has 2 aromatic rings. The average molecular weight is 296 g/mol. The minimum atomic E-state index is -4.08. The molecule has 0 radical (unpaired) electrons. The first kappa shape index (κ1) is 13.1. The Labute approximate surface area is 114 Å². The van der Waals surface area contributed by atoms with E-state index in [-0.39, 0.29) is 13.1 Å². The molecule has 1 aliphatic rings. The summed E-state index contributed by atoms with van der Waals surface area (Å²) in [6.45, 7) is 0.177. The monoisotopic (exact) mass is 296 g/mol. The summed E-state index contributed by atoms with van der Waals surface area (Å²) in [5, 5.41) is 0. The van der Waals surface area contributed by atoms with Crippen LogP contribution in [-0.2, 0) is 23.1 Å². The highest BCUT2D eigenvalue weighted by Gasteiger charge is 2.33. The fourth-order valence-electron chi connectivity index (χ4n) is 2.15. The van der Waals surface area contributed by atoms with E-state index in [0.717, 1.165) is 22.0 Å². The lowest BCUT2D eigenvalue weighted by molar-refractivity contribution is 0.424. The second kappa shape index (κ2) is 4.60. The fourth-order valence-corrected chi connectivity index (χ4v) is 3.61. The summed E-state index contributed by atoms with van der Waals surface area (Å²) in [4.78, 5) is 3.43. The van der Waals surface area contributed by atoms with Crippen molar-refractivity contribution in [3.63, 3.8) is 0 Å². The minimum absolute atomic E-state index is 0.0639. The molecule has 7 heteroatoms. The SMILES string of the molecule is O=S(=O)(c1cc(F)ccc1F)N1Cc2cccnc2C1. The van der Waals surface area contributed by atoms with Crippen LogP contribution in [0.2, 0.25) is 0 Å². The van der Waals surface area contributed by atoms with E-state index >= 15 is 0 Å². The van der Waals surface area contributed by atoms with Gasteiger partial charge in [0.1, 0.15) is 16.5 Å². The van der Waals surface area contributed by atoms with Gasteiger partial charge in [0.05, 0.1) is 12.2 Å². The number of fused-ring (bicyclic) bond motifs is 1. The Kier molecular flexibility index (Phi) is 3.02. The van der Waals surface area contributed by atoms with Gasteiger partial charge in [-0.1, -0.05) is 6.07 Å². The van der Waals surface area contributed by atoms with Crippen LogP contribution in [0, 0.1) is 11.6 Å². The third kappa shape index (κ3) is 2.08. The molecular formula is C13H10F2N2O2S. The Morgan fingerprint density at radius 1 is 1.15 bits per heavy atom. The van der Waals surface area contributed by atoms with E-state index in [1.54, 1.807) is 18.3 Å². The van der Waals surface area contributed by atoms with E-state index in [4.69, 9.17) is 0 Å². The second-order valence-electron chi connectivity index (χ2n) is 4.46. The van der Waals surface area contributed by atoms with Crippen LogP contribution >= 0.6 is 0 Å². The third-order valence-electron chi connectivity index (χ3n) is 3.17. The summed E-state index contributed by atoms with van der Waals surface area (Å²) in [6, 6.07) is 5.86. The van der Waals surface area contributed by atoms with Crippen LogP contribution in [0.5, 0.6) is 0 Å². The normalized spacial score (nSPS) is 15.3. The molecule has 0 bridgehead atoms. The number of pyridine rings is 1. The van der Waals surface area contributed by atoms with E-state index < -0.39 is 26.6 Å². The molecule has 3 rings (SSSR count). The van der Waals surface area contributed by atoms with E-state index in [9.17, 15) is 17.2 Å². The van der Waals surface area contributed by atoms with Gasteiger partial charge in [-0.05, 0) is 29.8 Å². The van der Waals surface area contributed by atoms with Gasteiger partial charge in [-0.15, -0.1) is 0 Å². The van der Waals surface area contributed by atoms with Crippen molar-refractivity contribution in [1.29, 1.82) is 0 Å². The van der Waals surface area contributed by atoms with Gasteiger partial charge in [0, 0.05) is 12.7 Å². The standard InChI is InChI=1S/C13H10F2N2O2S/c14-10-3-4-11(15)13(6-10)20(18,19)17-7-9-2-1-5-16-12(9)8-17/h1-6H,7-8H2. The molecule has 0 fully saturated rings. The predicted molar refractivity (Wildman–Crippen MR) is 67.0 cm³/mol. The Morgan fingerprint density at radius 3 is 2.70 bits per heavy atom. The maximum Gasteiger partial charge on any atom is 0.246 e. The molecule has 4 nitrogen and oxygen atoms in total. The molecule has 2 heterocycles. The first-order valence-electron chi connectivity index (χ1n) is 5.86. The molecule has 0 amide bonds. The summed E-state index contributed by atoms with van der Waals surface area (Å²) >= 11 is 0. The Bertz CT molecular complexity index is 753. The van der Waals surface area contributed by atoms with Gasteiger partial charge in [-0.3, -0.25) is 4.98 Å². The topological polar surface area (TPSA) is 50.3 Å². The molecule has 0 saturated carbocycles. The van der Waals surface area contributed by atoms with Crippen LogP contribution in [0.1, 0.15) is 11.3 Å². The third-order valence-corrected chi connectivity index (χ3v) is 4.98. The lowest BCUT2D eigenvalue weighted by Gasteiger charge is -2.15. The van der Waals surface area contributed by atoms with Gasteiger partial charge in [0.25, 0.3) is 0 Å². The van der Waals surface area contributed by atoms with Gasteiger partial charge in [0.15, 0.2) is 0 Å². The number of sulfonamides is 1. The van der Waals surface area contributed by atoms with Gasteiger partial charge >= 0.3 is 0 Å². The molecule has 0 atom stereocenters. The number of hydrogen-bond acceptors (Lipinski definition) is 3. The molecule has 1 aliphatic heterocycles. The number of halogens is 2. The number of rotatable bonds is 2. The summed E-state index contributed by atoms with van der Waals surface area (Å²) in [5.74, 6) is -1.75. The highest BCUT2D eigenvalue weighted by Crippen LogP contribution is 2.28. The molecule has 20 heavy (non-hydrogen) atoms. The highest BCUT2D eigenvalue weighted by molar-refractivity contribution is 7.89. The van der Waals surface area contributed by atoms with E-state index in [0.29, 0.717) is 11.8 Å². The maximum absolute atomic E-state index is 13.7. The van der Waals surface area contributed by atoms with Crippen LogP contribution in [0.15, 0.2) is 41.4 Å². The van der Waals surface area contributed by atoms with Gasteiger partial charge < -0.3 is 0 Å². The van der Waals surface area contributed by atoms with Crippen LogP contribution in [0.4, 0.5) is 8.78 Å². The molecule has 1 aromatic carbocycles. The minimum Gasteiger partial charge on any atom is -0.260 e. The van der Waals surface area contributed by atoms with Crippen molar-refractivity contribution >= 4 is 10.0 Å². The molecule has 0 spiro atoms. The Hall–Kier alpha value is -1.86. The molecule has 0 N–H and O–H groups in total. The summed E-state index contributed by atoms with van der Waals surface area (Å²) in [7, 11) is -4.08. The van der Waals surface area contributed by atoms with Crippen LogP contribution < -0.4 is 0 Å². The van der Waals surface area contributed by atoms with Crippen molar-refractivity contribution in [3.8, 4) is 0 Å². The van der Waals surface area contributed by atoms with Gasteiger partial charge in [0.2, 0.25) is 10.0 Å². The van der Waals surface area contributed by atoms with E-state index in [1.807, 2.05) is 0 Å². The number of aromatic nitrogens is 1. The van der Waals surface area contributed by atoms with Gasteiger partial charge in [-0.25, -0.2) is 17.2 Å². The molecule has 104 valence electrons. The quantitative estimate of drug-likeness (QED) is 0.852. The largest absolute Gasteiger partial charge is 0.260 e. The van der Waals surface area contributed by atoms with Gasteiger partial charge in [-0.2, -0.15) is 4.31 Å². The van der Waals surface area contributed by atoms with E-state index in [2.05, 4.69) is 4.98 Å². The Balaban J connectivity index is 2.01. The summed E-state index contributed by atoms with van der Waals surface area (Å²) in [6.07, 6.45) is 1.57. The zero-order chi connectivity index (χ0) is 14.3. The summed E-state index contributed by atoms with van der Waals surface area (Å²) < 4.78 is 52.6. The van der Waals surface area contributed by atoms with Crippen molar-refractivity contribution < 1.29 is 17.2 Å². The zero-order valence-corrected chi connectivity index (χ0v) is 11.1. The van der Waals surface area contributed by atoms with Crippen LogP contribution in [-0.4, -0.2) is 17.7 Å². The predicted octanol–water partition coefficient (Wildman–Crippen LogP) is 2.06. The maximum atomic E-state index is 13.7. The molecule has 1 aromatic heterocycles. The number of benzene rings is 1.